The fraction of sp³-hybridized carbons (Fsp3) is 0.412. The number of carbonyl (C=O) groups excluding carboxylic acids is 1. The van der Waals surface area contributed by atoms with E-state index in [0.717, 1.165) is 25.8 Å². The zero-order chi connectivity index (χ0) is 16.2. The largest absolute Gasteiger partial charge is 0.396 e. The summed E-state index contributed by atoms with van der Waals surface area (Å²) in [6, 6.07) is 7.93. The topological polar surface area (TPSA) is 58.4 Å². The quantitative estimate of drug-likeness (QED) is 0.921. The molecule has 23 heavy (non-hydrogen) atoms. The molecule has 1 aromatic heterocycles. The van der Waals surface area contributed by atoms with Crippen molar-refractivity contribution < 1.29 is 14.3 Å². The highest BCUT2D eigenvalue weighted by atomic mass is 19.1. The van der Waals surface area contributed by atoms with Gasteiger partial charge in [0.05, 0.1) is 5.69 Å². The van der Waals surface area contributed by atoms with Crippen molar-refractivity contribution in [3.63, 3.8) is 0 Å². The summed E-state index contributed by atoms with van der Waals surface area (Å²) in [6.07, 6.45) is 5.13. The van der Waals surface area contributed by atoms with Crippen molar-refractivity contribution in [1.29, 1.82) is 0 Å². The van der Waals surface area contributed by atoms with Crippen LogP contribution >= 0.6 is 0 Å². The number of likely N-dealkylation sites (tertiary alicyclic amines) is 1. The summed E-state index contributed by atoms with van der Waals surface area (Å²) in [5.41, 5.74) is 0.951. The molecule has 0 bridgehead atoms. The molecule has 1 aromatic carbocycles. The molecule has 2 heterocycles. The SMILES string of the molecule is O=C(c1ccn(-c2cccc(F)c2)n1)N1CCCC1CCCO. The Balaban J connectivity index is 1.76. The Bertz CT molecular complexity index is 686. The fourth-order valence-electron chi connectivity index (χ4n) is 3.08. The summed E-state index contributed by atoms with van der Waals surface area (Å²) in [7, 11) is 0. The van der Waals surface area contributed by atoms with Crippen molar-refractivity contribution in [3.05, 3.63) is 48.0 Å². The lowest BCUT2D eigenvalue weighted by atomic mass is 10.1. The molecule has 0 aliphatic carbocycles. The van der Waals surface area contributed by atoms with E-state index >= 15 is 0 Å². The monoisotopic (exact) mass is 317 g/mol. The molecule has 1 saturated heterocycles. The molecule has 2 aromatic rings. The van der Waals surface area contributed by atoms with Gasteiger partial charge in [0.25, 0.3) is 5.91 Å². The highest BCUT2D eigenvalue weighted by molar-refractivity contribution is 5.92. The summed E-state index contributed by atoms with van der Waals surface area (Å²) in [5.74, 6) is -0.435. The standard InChI is InChI=1S/C17H20FN3O2/c18-13-4-1-5-15(12-13)21-10-8-16(19-21)17(23)20-9-2-6-14(20)7-3-11-22/h1,4-5,8,10,12,14,22H,2-3,6-7,9,11H2. The normalized spacial score (nSPS) is 17.7. The maximum atomic E-state index is 13.3. The van der Waals surface area contributed by atoms with E-state index in [-0.39, 0.29) is 24.4 Å². The van der Waals surface area contributed by atoms with Crippen LogP contribution in [0.15, 0.2) is 36.5 Å². The van der Waals surface area contributed by atoms with Gasteiger partial charge in [-0.25, -0.2) is 9.07 Å². The van der Waals surface area contributed by atoms with Crippen molar-refractivity contribution in [1.82, 2.24) is 14.7 Å². The first-order valence-electron chi connectivity index (χ1n) is 7.92. The Hall–Kier alpha value is -2.21. The number of halogens is 1. The van der Waals surface area contributed by atoms with E-state index in [1.807, 2.05) is 4.90 Å². The number of amides is 1. The zero-order valence-electron chi connectivity index (χ0n) is 12.9. The Morgan fingerprint density at radius 2 is 2.26 bits per heavy atom. The molecule has 0 saturated carbocycles. The second-order valence-corrected chi connectivity index (χ2v) is 5.79. The van der Waals surface area contributed by atoms with Gasteiger partial charge in [0.2, 0.25) is 0 Å². The lowest BCUT2D eigenvalue weighted by Gasteiger charge is -2.23. The maximum Gasteiger partial charge on any atom is 0.274 e. The first-order valence-corrected chi connectivity index (χ1v) is 7.92. The fourth-order valence-corrected chi connectivity index (χ4v) is 3.08. The Morgan fingerprint density at radius 1 is 1.39 bits per heavy atom. The van der Waals surface area contributed by atoms with E-state index in [1.54, 1.807) is 24.4 Å². The summed E-state index contributed by atoms with van der Waals surface area (Å²) in [6.45, 7) is 0.870. The van der Waals surface area contributed by atoms with E-state index in [4.69, 9.17) is 5.11 Å². The van der Waals surface area contributed by atoms with Crippen LogP contribution < -0.4 is 0 Å². The van der Waals surface area contributed by atoms with Crippen LogP contribution in [-0.2, 0) is 0 Å². The van der Waals surface area contributed by atoms with Crippen LogP contribution in [0.5, 0.6) is 0 Å². The van der Waals surface area contributed by atoms with E-state index in [0.29, 0.717) is 17.8 Å². The van der Waals surface area contributed by atoms with E-state index in [1.165, 1.54) is 16.8 Å². The first-order chi connectivity index (χ1) is 11.2. The lowest BCUT2D eigenvalue weighted by Crippen LogP contribution is -2.36. The number of aromatic nitrogens is 2. The number of rotatable bonds is 5. The number of hydrogen-bond acceptors (Lipinski definition) is 3. The minimum absolute atomic E-state index is 0.0967. The molecule has 5 nitrogen and oxygen atoms in total. The average molecular weight is 317 g/mol. The molecule has 1 atom stereocenters. The molecule has 0 radical (unpaired) electrons. The second kappa shape index (κ2) is 6.91. The highest BCUT2D eigenvalue weighted by Gasteiger charge is 2.30. The van der Waals surface area contributed by atoms with E-state index in [2.05, 4.69) is 5.10 Å². The predicted molar refractivity (Wildman–Crippen MR) is 83.9 cm³/mol. The summed E-state index contributed by atoms with van der Waals surface area (Å²) >= 11 is 0. The Morgan fingerprint density at radius 3 is 3.04 bits per heavy atom. The van der Waals surface area contributed by atoms with Gasteiger partial charge >= 0.3 is 0 Å². The summed E-state index contributed by atoms with van der Waals surface area (Å²) < 4.78 is 14.8. The van der Waals surface area contributed by atoms with Crippen LogP contribution in [-0.4, -0.2) is 44.9 Å². The van der Waals surface area contributed by atoms with Crippen molar-refractivity contribution in [2.75, 3.05) is 13.2 Å². The highest BCUT2D eigenvalue weighted by Crippen LogP contribution is 2.23. The zero-order valence-corrected chi connectivity index (χ0v) is 12.9. The molecule has 1 amide bonds. The third-order valence-electron chi connectivity index (χ3n) is 4.21. The van der Waals surface area contributed by atoms with E-state index in [9.17, 15) is 9.18 Å². The van der Waals surface area contributed by atoms with Crippen LogP contribution in [0.3, 0.4) is 0 Å². The molecule has 6 heteroatoms. The van der Waals surface area contributed by atoms with Crippen LogP contribution in [0.1, 0.15) is 36.2 Å². The Labute approximate surface area is 134 Å². The van der Waals surface area contributed by atoms with Gasteiger partial charge in [0.15, 0.2) is 5.69 Å². The van der Waals surface area contributed by atoms with Crippen LogP contribution in [0.25, 0.3) is 5.69 Å². The van der Waals surface area contributed by atoms with Gasteiger partial charge < -0.3 is 10.0 Å². The van der Waals surface area contributed by atoms with Gasteiger partial charge in [-0.1, -0.05) is 6.07 Å². The van der Waals surface area contributed by atoms with Gasteiger partial charge in [-0.3, -0.25) is 4.79 Å². The van der Waals surface area contributed by atoms with Gasteiger partial charge in [-0.15, -0.1) is 0 Å². The minimum atomic E-state index is -0.338. The molecule has 0 spiro atoms. The number of carbonyl (C=O) groups is 1. The molecule has 3 rings (SSSR count). The van der Waals surface area contributed by atoms with Crippen molar-refractivity contribution in [3.8, 4) is 5.69 Å². The lowest BCUT2D eigenvalue weighted by molar-refractivity contribution is 0.0718. The van der Waals surface area contributed by atoms with Gasteiger partial charge in [-0.05, 0) is 49.9 Å². The van der Waals surface area contributed by atoms with Crippen molar-refractivity contribution in [2.24, 2.45) is 0 Å². The van der Waals surface area contributed by atoms with Crippen LogP contribution in [0, 0.1) is 5.82 Å². The van der Waals surface area contributed by atoms with Crippen molar-refractivity contribution >= 4 is 5.91 Å². The third kappa shape index (κ3) is 3.42. The Kier molecular flexibility index (Phi) is 4.71. The number of nitrogens with zero attached hydrogens (tertiary/aromatic N) is 3. The van der Waals surface area contributed by atoms with Crippen LogP contribution in [0.2, 0.25) is 0 Å². The maximum absolute atomic E-state index is 13.3. The smallest absolute Gasteiger partial charge is 0.274 e. The summed E-state index contributed by atoms with van der Waals surface area (Å²) in [5, 5.41) is 13.3. The molecular formula is C17H20FN3O2. The predicted octanol–water partition coefficient (Wildman–Crippen LogP) is 2.39. The average Bonchev–Trinajstić information content (AvgIpc) is 3.21. The molecule has 1 fully saturated rings. The molecule has 1 N–H and O–H groups in total. The first kappa shape index (κ1) is 15.7. The van der Waals surface area contributed by atoms with Gasteiger partial charge in [-0.2, -0.15) is 5.10 Å². The van der Waals surface area contributed by atoms with Crippen LogP contribution in [0.4, 0.5) is 4.39 Å². The second-order valence-electron chi connectivity index (χ2n) is 5.79. The summed E-state index contributed by atoms with van der Waals surface area (Å²) in [4.78, 5) is 14.5. The number of benzene rings is 1. The number of aliphatic hydroxyl groups is 1. The minimum Gasteiger partial charge on any atom is -0.396 e. The molecule has 1 aliphatic rings. The van der Waals surface area contributed by atoms with Crippen molar-refractivity contribution in [2.45, 2.75) is 31.7 Å². The molecular weight excluding hydrogens is 297 g/mol. The van der Waals surface area contributed by atoms with Gasteiger partial charge in [0.1, 0.15) is 5.82 Å². The molecule has 122 valence electrons. The molecule has 1 aliphatic heterocycles. The molecule has 1 unspecified atom stereocenters. The number of hydrogen-bond donors (Lipinski definition) is 1. The van der Waals surface area contributed by atoms with Gasteiger partial charge in [0, 0.05) is 25.4 Å². The number of aliphatic hydroxyl groups excluding tert-OH is 1. The third-order valence-corrected chi connectivity index (χ3v) is 4.21. The van der Waals surface area contributed by atoms with E-state index < -0.39 is 0 Å².